The first-order valence-corrected chi connectivity index (χ1v) is 19.8. The molecule has 6 rings (SSSR count). The summed E-state index contributed by atoms with van der Waals surface area (Å²) in [6.45, 7) is 5.95. The zero-order chi connectivity index (χ0) is 37.2. The SMILES string of the molecule is CC(C)n1c(NC2C[C@@H](C(N)=O)N(C(=O)[C@H](CCCCC/C=C\[C@@H]3C[C@@H]3C(=O)NS(=O)(=O)C3(C)CC3)Nc3ccccc3)C2)nc2cc(F)ccc21. The molecule has 1 unspecified atom stereocenters. The number of para-hydroxylation sites is 1. The highest BCUT2D eigenvalue weighted by molar-refractivity contribution is 7.91. The number of nitrogens with one attached hydrogen (secondary N) is 3. The minimum atomic E-state index is -3.62. The maximum Gasteiger partial charge on any atom is 0.245 e. The van der Waals surface area contributed by atoms with Gasteiger partial charge in [-0.1, -0.05) is 43.2 Å². The van der Waals surface area contributed by atoms with Crippen LogP contribution >= 0.6 is 0 Å². The molecule has 3 aliphatic rings. The first kappa shape index (κ1) is 37.3. The number of aromatic nitrogens is 2. The van der Waals surface area contributed by atoms with Gasteiger partial charge in [-0.2, -0.15) is 0 Å². The molecule has 1 aliphatic heterocycles. The Morgan fingerprint density at radius 1 is 1.08 bits per heavy atom. The predicted octanol–water partition coefficient (Wildman–Crippen LogP) is 5.25. The van der Waals surface area contributed by atoms with Crippen LogP contribution in [0.15, 0.2) is 60.7 Å². The third-order valence-corrected chi connectivity index (χ3v) is 12.8. The fourth-order valence-electron chi connectivity index (χ4n) is 7.09. The molecule has 1 saturated heterocycles. The molecule has 5 atom stereocenters. The van der Waals surface area contributed by atoms with Crippen molar-refractivity contribution in [3.05, 3.63) is 66.5 Å². The van der Waals surface area contributed by atoms with E-state index in [1.54, 1.807) is 17.9 Å². The lowest BCUT2D eigenvalue weighted by Gasteiger charge is -2.28. The summed E-state index contributed by atoms with van der Waals surface area (Å²) in [5, 5.41) is 6.81. The Morgan fingerprint density at radius 3 is 2.52 bits per heavy atom. The molecule has 2 aliphatic carbocycles. The molecule has 0 bridgehead atoms. The number of rotatable bonds is 17. The van der Waals surface area contributed by atoms with E-state index >= 15 is 0 Å². The summed E-state index contributed by atoms with van der Waals surface area (Å²) >= 11 is 0. The molecule has 5 N–H and O–H groups in total. The summed E-state index contributed by atoms with van der Waals surface area (Å²) in [6.07, 6.45) is 10.1. The first-order valence-electron chi connectivity index (χ1n) is 18.3. The summed E-state index contributed by atoms with van der Waals surface area (Å²) in [4.78, 5) is 45.5. The smallest absolute Gasteiger partial charge is 0.245 e. The van der Waals surface area contributed by atoms with E-state index in [0.29, 0.717) is 43.6 Å². The third-order valence-electron chi connectivity index (χ3n) is 10.6. The normalized spacial score (nSPS) is 22.8. The quantitative estimate of drug-likeness (QED) is 0.108. The van der Waals surface area contributed by atoms with Crippen molar-refractivity contribution >= 4 is 50.4 Å². The number of carbonyl (C=O) groups excluding carboxylic acids is 3. The van der Waals surface area contributed by atoms with Gasteiger partial charge in [0.25, 0.3) is 0 Å². The van der Waals surface area contributed by atoms with Crippen LogP contribution in [0.5, 0.6) is 0 Å². The number of allylic oxidation sites excluding steroid dienone is 2. The Morgan fingerprint density at radius 2 is 1.83 bits per heavy atom. The summed E-state index contributed by atoms with van der Waals surface area (Å²) in [5.41, 5.74) is 7.96. The van der Waals surface area contributed by atoms with Gasteiger partial charge in [-0.15, -0.1) is 0 Å². The summed E-state index contributed by atoms with van der Waals surface area (Å²) in [6, 6.07) is 12.3. The first-order chi connectivity index (χ1) is 24.8. The number of nitrogens with two attached hydrogens (primary N) is 1. The predicted molar refractivity (Wildman–Crippen MR) is 199 cm³/mol. The minimum Gasteiger partial charge on any atom is -0.374 e. The topological polar surface area (TPSA) is 169 Å². The molecule has 52 heavy (non-hydrogen) atoms. The van der Waals surface area contributed by atoms with Crippen LogP contribution < -0.4 is 21.1 Å². The van der Waals surface area contributed by atoms with Crippen molar-refractivity contribution in [2.24, 2.45) is 17.6 Å². The van der Waals surface area contributed by atoms with E-state index < -0.39 is 38.7 Å². The molecular weight excluding hydrogens is 686 g/mol. The van der Waals surface area contributed by atoms with E-state index in [9.17, 15) is 27.2 Å². The van der Waals surface area contributed by atoms with Gasteiger partial charge in [-0.25, -0.2) is 17.8 Å². The minimum absolute atomic E-state index is 0.0256. The van der Waals surface area contributed by atoms with Gasteiger partial charge in [-0.3, -0.25) is 19.1 Å². The molecule has 12 nitrogen and oxygen atoms in total. The molecule has 14 heteroatoms. The number of hydrogen-bond acceptors (Lipinski definition) is 8. The van der Waals surface area contributed by atoms with Crippen LogP contribution in [-0.2, 0) is 24.4 Å². The number of benzene rings is 2. The number of fused-ring (bicyclic) bond motifs is 1. The highest BCUT2D eigenvalue weighted by Gasteiger charge is 2.52. The Kier molecular flexibility index (Phi) is 10.9. The summed E-state index contributed by atoms with van der Waals surface area (Å²) in [5.74, 6) is -1.25. The van der Waals surface area contributed by atoms with Crippen molar-refractivity contribution in [3.63, 3.8) is 0 Å². The summed E-state index contributed by atoms with van der Waals surface area (Å²) < 4.78 is 42.2. The molecule has 2 heterocycles. The maximum absolute atomic E-state index is 14.2. The van der Waals surface area contributed by atoms with Gasteiger partial charge in [0.05, 0.1) is 15.8 Å². The number of hydrogen-bond donors (Lipinski definition) is 4. The number of anilines is 2. The second kappa shape index (κ2) is 15.3. The van der Waals surface area contributed by atoms with E-state index in [-0.39, 0.29) is 42.2 Å². The number of imidazole rings is 1. The van der Waals surface area contributed by atoms with Crippen LogP contribution in [0, 0.1) is 17.7 Å². The summed E-state index contributed by atoms with van der Waals surface area (Å²) in [7, 11) is -3.62. The van der Waals surface area contributed by atoms with Gasteiger partial charge in [-0.05, 0) is 95.9 Å². The Balaban J connectivity index is 1.03. The van der Waals surface area contributed by atoms with E-state index in [4.69, 9.17) is 5.73 Å². The second-order valence-electron chi connectivity index (χ2n) is 15.1. The average Bonchev–Trinajstić information content (AvgIpc) is 3.97. The zero-order valence-corrected chi connectivity index (χ0v) is 30.9. The standard InChI is InChI=1S/C38H50FN7O5S/c1-24(2)46-32-17-16-26(39)21-31(32)43-37(46)42-28-22-33(34(40)47)45(23-28)36(49)30(41-27-13-9-7-10-14-27)15-11-6-4-5-8-12-25-20-29(25)35(48)44-52(50,51)38(3)18-19-38/h7-10,12-14,16-17,21,24-25,28-30,33,41H,4-6,11,15,18-20,22-23H2,1-3H3,(H2,40,47)(H,42,43)(H,44,48)/b12-8-/t25-,28?,29+,30+,33+/m1/s1. The lowest BCUT2D eigenvalue weighted by atomic mass is 10.0. The molecule has 3 fully saturated rings. The lowest BCUT2D eigenvalue weighted by molar-refractivity contribution is -0.138. The van der Waals surface area contributed by atoms with E-state index in [1.807, 2.05) is 54.8 Å². The number of halogens is 1. The second-order valence-corrected chi connectivity index (χ2v) is 17.3. The molecule has 3 aromatic rings. The van der Waals surface area contributed by atoms with Gasteiger partial charge in [0.1, 0.15) is 17.9 Å². The molecular formula is C38H50FN7O5S. The lowest BCUT2D eigenvalue weighted by Crippen LogP contribution is -2.49. The number of unbranched alkanes of at least 4 members (excludes halogenated alkanes) is 3. The van der Waals surface area contributed by atoms with Crippen molar-refractivity contribution in [3.8, 4) is 0 Å². The number of likely N-dealkylation sites (tertiary alicyclic amines) is 1. The third kappa shape index (κ3) is 8.43. The van der Waals surface area contributed by atoms with Crippen molar-refractivity contribution in [1.29, 1.82) is 0 Å². The average molecular weight is 736 g/mol. The van der Waals surface area contributed by atoms with Crippen LogP contribution in [0.4, 0.5) is 16.0 Å². The Hall–Kier alpha value is -4.46. The molecule has 1 aromatic heterocycles. The molecule has 280 valence electrons. The van der Waals surface area contributed by atoms with Gasteiger partial charge >= 0.3 is 0 Å². The Bertz CT molecular complexity index is 1930. The molecule has 0 spiro atoms. The molecule has 2 saturated carbocycles. The number of amides is 3. The van der Waals surface area contributed by atoms with Crippen LogP contribution in [0.25, 0.3) is 11.0 Å². The number of sulfonamides is 1. The van der Waals surface area contributed by atoms with Crippen molar-refractivity contribution in [2.75, 3.05) is 17.2 Å². The van der Waals surface area contributed by atoms with E-state index in [0.717, 1.165) is 36.9 Å². The van der Waals surface area contributed by atoms with Gasteiger partial charge in [0.15, 0.2) is 0 Å². The number of primary amides is 1. The number of nitrogens with zero attached hydrogens (tertiary/aromatic N) is 3. The van der Waals surface area contributed by atoms with Crippen molar-refractivity contribution in [1.82, 2.24) is 19.2 Å². The largest absolute Gasteiger partial charge is 0.374 e. The molecule has 3 amide bonds. The number of carbonyl (C=O) groups is 3. The fraction of sp³-hybridized carbons (Fsp3) is 0.526. The molecule has 2 aromatic carbocycles. The van der Waals surface area contributed by atoms with Crippen molar-refractivity contribution in [2.45, 2.75) is 107 Å². The van der Waals surface area contributed by atoms with Gasteiger partial charge < -0.3 is 25.8 Å². The highest BCUT2D eigenvalue weighted by Crippen LogP contribution is 2.44. The van der Waals surface area contributed by atoms with E-state index in [2.05, 4.69) is 26.4 Å². The highest BCUT2D eigenvalue weighted by atomic mass is 32.2. The van der Waals surface area contributed by atoms with Crippen LogP contribution in [-0.4, -0.2) is 70.0 Å². The monoisotopic (exact) mass is 735 g/mol. The van der Waals surface area contributed by atoms with Crippen molar-refractivity contribution < 1.29 is 27.2 Å². The van der Waals surface area contributed by atoms with Crippen LogP contribution in [0.1, 0.15) is 84.6 Å². The van der Waals surface area contributed by atoms with Crippen LogP contribution in [0.3, 0.4) is 0 Å². The zero-order valence-electron chi connectivity index (χ0n) is 30.1. The molecule has 0 radical (unpaired) electrons. The Labute approximate surface area is 304 Å². The van der Waals surface area contributed by atoms with E-state index in [1.165, 1.54) is 12.1 Å². The fourth-order valence-corrected chi connectivity index (χ4v) is 8.39. The van der Waals surface area contributed by atoms with Crippen LogP contribution in [0.2, 0.25) is 0 Å². The maximum atomic E-state index is 14.2. The van der Waals surface area contributed by atoms with Gasteiger partial charge in [0, 0.05) is 36.3 Å². The van der Waals surface area contributed by atoms with Gasteiger partial charge in [0.2, 0.25) is 33.7 Å².